The first kappa shape index (κ1) is 16.6. The van der Waals surface area contributed by atoms with Gasteiger partial charge in [0.05, 0.1) is 11.4 Å². The van der Waals surface area contributed by atoms with E-state index in [1.54, 1.807) is 6.20 Å². The average molecular weight is 369 g/mol. The molecule has 0 fully saturated rings. The molecule has 0 atom stereocenters. The van der Waals surface area contributed by atoms with Gasteiger partial charge in [-0.2, -0.15) is 5.10 Å². The van der Waals surface area contributed by atoms with Crippen molar-refractivity contribution >= 4 is 21.9 Å². The quantitative estimate of drug-likeness (QED) is 0.505. The van der Waals surface area contributed by atoms with Crippen LogP contribution in [0.5, 0.6) is 0 Å². The SMILES string of the molecule is CN(C)Cc1cncc(-c2cnc3n[nH]c(-c4cc5cnccc5[nH]4)c3c2)c1. The number of rotatable bonds is 4. The van der Waals surface area contributed by atoms with Crippen molar-refractivity contribution < 1.29 is 0 Å². The summed E-state index contributed by atoms with van der Waals surface area (Å²) in [6.45, 7) is 0.844. The van der Waals surface area contributed by atoms with Crippen LogP contribution in [0.2, 0.25) is 0 Å². The highest BCUT2D eigenvalue weighted by Crippen LogP contribution is 2.30. The highest BCUT2D eigenvalue weighted by molar-refractivity contribution is 5.95. The van der Waals surface area contributed by atoms with E-state index in [-0.39, 0.29) is 0 Å². The number of aromatic amines is 2. The predicted octanol–water partition coefficient (Wildman–Crippen LogP) is 3.62. The number of fused-ring (bicyclic) bond motifs is 2. The van der Waals surface area contributed by atoms with Gasteiger partial charge in [-0.25, -0.2) is 4.98 Å². The number of hydrogen-bond donors (Lipinski definition) is 2. The molecular weight excluding hydrogens is 350 g/mol. The molecule has 0 saturated heterocycles. The molecule has 5 aromatic heterocycles. The van der Waals surface area contributed by atoms with Crippen LogP contribution in [0.3, 0.4) is 0 Å². The average Bonchev–Trinajstić information content (AvgIpc) is 3.30. The zero-order valence-electron chi connectivity index (χ0n) is 15.6. The van der Waals surface area contributed by atoms with Gasteiger partial charge in [0.15, 0.2) is 5.65 Å². The van der Waals surface area contributed by atoms with Crippen LogP contribution in [0, 0.1) is 0 Å². The summed E-state index contributed by atoms with van der Waals surface area (Å²) in [4.78, 5) is 18.7. The summed E-state index contributed by atoms with van der Waals surface area (Å²) in [7, 11) is 4.10. The summed E-state index contributed by atoms with van der Waals surface area (Å²) >= 11 is 0. The normalized spacial score (nSPS) is 11.7. The number of aromatic nitrogens is 6. The molecule has 7 nitrogen and oxygen atoms in total. The second-order valence-corrected chi connectivity index (χ2v) is 7.16. The number of H-pyrrole nitrogens is 2. The minimum atomic E-state index is 0.688. The maximum absolute atomic E-state index is 4.54. The zero-order valence-corrected chi connectivity index (χ0v) is 15.6. The van der Waals surface area contributed by atoms with Gasteiger partial charge in [-0.1, -0.05) is 0 Å². The molecule has 0 unspecified atom stereocenters. The summed E-state index contributed by atoms with van der Waals surface area (Å²) in [5.41, 5.74) is 6.83. The van der Waals surface area contributed by atoms with Crippen molar-refractivity contribution in [1.29, 1.82) is 0 Å². The monoisotopic (exact) mass is 369 g/mol. The highest BCUT2D eigenvalue weighted by Gasteiger charge is 2.13. The van der Waals surface area contributed by atoms with Crippen molar-refractivity contribution in [2.45, 2.75) is 6.54 Å². The zero-order chi connectivity index (χ0) is 19.1. The topological polar surface area (TPSA) is 86.4 Å². The fraction of sp³-hybridized carbons (Fsp3) is 0.143. The molecule has 2 N–H and O–H groups in total. The first-order valence-electron chi connectivity index (χ1n) is 9.03. The second kappa shape index (κ2) is 6.54. The Morgan fingerprint density at radius 1 is 0.964 bits per heavy atom. The highest BCUT2D eigenvalue weighted by atomic mass is 15.2. The molecule has 0 radical (unpaired) electrons. The van der Waals surface area contributed by atoms with Crippen LogP contribution in [0.15, 0.2) is 55.2 Å². The van der Waals surface area contributed by atoms with E-state index in [2.05, 4.69) is 53.2 Å². The molecule has 5 aromatic rings. The summed E-state index contributed by atoms with van der Waals surface area (Å²) in [6.07, 6.45) is 9.24. The van der Waals surface area contributed by atoms with Gasteiger partial charge in [0, 0.05) is 64.9 Å². The lowest BCUT2D eigenvalue weighted by Crippen LogP contribution is -2.10. The van der Waals surface area contributed by atoms with Gasteiger partial charge >= 0.3 is 0 Å². The maximum atomic E-state index is 4.54. The van der Waals surface area contributed by atoms with Crippen molar-refractivity contribution in [3.8, 4) is 22.5 Å². The lowest BCUT2D eigenvalue weighted by Gasteiger charge is -2.10. The first-order valence-corrected chi connectivity index (χ1v) is 9.03. The standard InChI is InChI=1S/C21H19N7/c1-28(2)12-13-5-14(9-23-8-13)15-6-17-20(26-27-21(17)24-11-15)19-7-16-10-22-4-3-18(16)25-19/h3-11,25H,12H2,1-2H3,(H,24,26,27). The fourth-order valence-corrected chi connectivity index (χ4v) is 3.47. The summed E-state index contributed by atoms with van der Waals surface area (Å²) < 4.78 is 0. The van der Waals surface area contributed by atoms with Crippen LogP contribution in [0.4, 0.5) is 0 Å². The van der Waals surface area contributed by atoms with Gasteiger partial charge < -0.3 is 9.88 Å². The van der Waals surface area contributed by atoms with Crippen LogP contribution in [0.25, 0.3) is 44.5 Å². The van der Waals surface area contributed by atoms with Crippen molar-refractivity contribution in [1.82, 2.24) is 35.0 Å². The number of nitrogens with one attached hydrogen (secondary N) is 2. The van der Waals surface area contributed by atoms with Gasteiger partial charge in [0.2, 0.25) is 0 Å². The Morgan fingerprint density at radius 3 is 2.71 bits per heavy atom. The minimum Gasteiger partial charge on any atom is -0.353 e. The Morgan fingerprint density at radius 2 is 1.86 bits per heavy atom. The van der Waals surface area contributed by atoms with E-state index >= 15 is 0 Å². The van der Waals surface area contributed by atoms with Crippen LogP contribution in [0.1, 0.15) is 5.56 Å². The van der Waals surface area contributed by atoms with E-state index in [1.807, 2.05) is 44.9 Å². The molecule has 0 saturated carbocycles. The molecular formula is C21H19N7. The molecule has 0 spiro atoms. The summed E-state index contributed by atoms with van der Waals surface area (Å²) in [5, 5.41) is 9.51. The van der Waals surface area contributed by atoms with Gasteiger partial charge in [-0.05, 0) is 43.9 Å². The Kier molecular flexibility index (Phi) is 3.87. The number of nitrogens with zero attached hydrogens (tertiary/aromatic N) is 5. The summed E-state index contributed by atoms with van der Waals surface area (Å²) in [6, 6.07) is 8.30. The molecule has 7 heteroatoms. The second-order valence-electron chi connectivity index (χ2n) is 7.16. The van der Waals surface area contributed by atoms with Gasteiger partial charge in [-0.15, -0.1) is 0 Å². The molecule has 0 aliphatic heterocycles. The Balaban J connectivity index is 1.60. The van der Waals surface area contributed by atoms with E-state index in [9.17, 15) is 0 Å². The maximum Gasteiger partial charge on any atom is 0.181 e. The smallest absolute Gasteiger partial charge is 0.181 e. The Bertz CT molecular complexity index is 1250. The van der Waals surface area contributed by atoms with E-state index in [1.165, 1.54) is 0 Å². The Labute approximate surface area is 161 Å². The van der Waals surface area contributed by atoms with Gasteiger partial charge in [-0.3, -0.25) is 15.1 Å². The minimum absolute atomic E-state index is 0.688. The Hall–Kier alpha value is -3.58. The molecule has 138 valence electrons. The molecule has 5 heterocycles. The molecule has 5 rings (SSSR count). The molecule has 0 bridgehead atoms. The molecule has 28 heavy (non-hydrogen) atoms. The molecule has 0 aromatic carbocycles. The summed E-state index contributed by atoms with van der Waals surface area (Å²) in [5.74, 6) is 0. The first-order chi connectivity index (χ1) is 13.7. The lowest BCUT2D eigenvalue weighted by molar-refractivity contribution is 0.402. The third-order valence-electron chi connectivity index (χ3n) is 4.73. The van der Waals surface area contributed by atoms with E-state index in [0.29, 0.717) is 5.65 Å². The number of hydrogen-bond acceptors (Lipinski definition) is 5. The van der Waals surface area contributed by atoms with Crippen LogP contribution >= 0.6 is 0 Å². The predicted molar refractivity (Wildman–Crippen MR) is 110 cm³/mol. The molecule has 0 aliphatic carbocycles. The van der Waals surface area contributed by atoms with E-state index in [4.69, 9.17) is 0 Å². The fourth-order valence-electron chi connectivity index (χ4n) is 3.47. The largest absolute Gasteiger partial charge is 0.353 e. The van der Waals surface area contributed by atoms with Crippen LogP contribution in [-0.2, 0) is 6.54 Å². The van der Waals surface area contributed by atoms with E-state index in [0.717, 1.165) is 50.9 Å². The number of pyridine rings is 3. The van der Waals surface area contributed by atoms with Gasteiger partial charge in [0.1, 0.15) is 0 Å². The van der Waals surface area contributed by atoms with Crippen molar-refractivity contribution in [2.75, 3.05) is 14.1 Å². The van der Waals surface area contributed by atoms with Gasteiger partial charge in [0.25, 0.3) is 0 Å². The van der Waals surface area contributed by atoms with Crippen molar-refractivity contribution in [2.24, 2.45) is 0 Å². The third kappa shape index (κ3) is 2.91. The van der Waals surface area contributed by atoms with Crippen molar-refractivity contribution in [3.05, 3.63) is 60.8 Å². The molecule has 0 aliphatic rings. The third-order valence-corrected chi connectivity index (χ3v) is 4.73. The van der Waals surface area contributed by atoms with E-state index < -0.39 is 0 Å². The lowest BCUT2D eigenvalue weighted by atomic mass is 10.1. The van der Waals surface area contributed by atoms with Crippen LogP contribution < -0.4 is 0 Å². The molecule has 0 amide bonds. The van der Waals surface area contributed by atoms with Crippen LogP contribution in [-0.4, -0.2) is 49.1 Å². The van der Waals surface area contributed by atoms with Crippen molar-refractivity contribution in [3.63, 3.8) is 0 Å².